The number of tetrazole rings is 1. The molecule has 1 saturated heterocycles. The Hall–Kier alpha value is -6.86. The highest BCUT2D eigenvalue weighted by Gasteiger charge is 2.44. The first-order chi connectivity index (χ1) is 33.9. The van der Waals surface area contributed by atoms with Gasteiger partial charge in [-0.05, 0) is 106 Å². The van der Waals surface area contributed by atoms with Crippen LogP contribution in [0.3, 0.4) is 0 Å². The number of nitrogens with zero attached hydrogens (tertiary/aromatic N) is 7. The summed E-state index contributed by atoms with van der Waals surface area (Å²) in [5, 5.41) is 16.2. The molecule has 0 aliphatic carbocycles. The third-order valence-electron chi connectivity index (χ3n) is 11.0. The van der Waals surface area contributed by atoms with Crippen LogP contribution in [0.2, 0.25) is 0 Å². The number of aromatic nitrogens is 5. The van der Waals surface area contributed by atoms with Crippen LogP contribution < -0.4 is 30.0 Å². The predicted octanol–water partition coefficient (Wildman–Crippen LogP) is 6.30. The fourth-order valence-corrected chi connectivity index (χ4v) is 12.1. The lowest BCUT2D eigenvalue weighted by molar-refractivity contribution is 0.0281. The summed E-state index contributed by atoms with van der Waals surface area (Å²) in [6.07, 6.45) is -0.208. The summed E-state index contributed by atoms with van der Waals surface area (Å²) in [6, 6.07) is 20.9. The summed E-state index contributed by atoms with van der Waals surface area (Å²) < 4.78 is 94.2. The third-order valence-corrected chi connectivity index (χ3v) is 15.4. The summed E-state index contributed by atoms with van der Waals surface area (Å²) >= 11 is 1.03. The lowest BCUT2D eigenvalue weighted by Gasteiger charge is -2.27. The van der Waals surface area contributed by atoms with Gasteiger partial charge < -0.3 is 39.6 Å². The van der Waals surface area contributed by atoms with Crippen molar-refractivity contribution in [2.45, 2.75) is 94.3 Å². The minimum absolute atomic E-state index is 0.0877. The molecule has 0 bridgehead atoms. The fraction of sp³-hybridized carbons (Fsp3) is 0.375. The van der Waals surface area contributed by atoms with Crippen molar-refractivity contribution in [1.29, 1.82) is 0 Å². The second-order valence-electron chi connectivity index (χ2n) is 18.7. The van der Waals surface area contributed by atoms with Gasteiger partial charge in [-0.25, -0.2) is 36.1 Å². The second-order valence-corrected chi connectivity index (χ2v) is 23.3. The fourth-order valence-electron chi connectivity index (χ4n) is 7.67. The van der Waals surface area contributed by atoms with Gasteiger partial charge in [0.1, 0.15) is 38.2 Å². The number of rotatable bonds is 17. The van der Waals surface area contributed by atoms with Crippen LogP contribution >= 0.6 is 11.3 Å². The van der Waals surface area contributed by atoms with Gasteiger partial charge in [0.15, 0.2) is 5.13 Å². The molecule has 4 aromatic carbocycles. The highest BCUT2D eigenvalue weighted by atomic mass is 32.2. The molecule has 6 aromatic rings. The number of alkyl carbamates (subject to hydrolysis) is 1. The number of nitrogens with two attached hydrogens (primary N) is 1. The molecular formula is C48H58N10O11S3. The quantitative estimate of drug-likeness (QED) is 0.0905. The van der Waals surface area contributed by atoms with Crippen LogP contribution in [0.1, 0.15) is 58.2 Å². The lowest BCUT2D eigenvalue weighted by Crippen LogP contribution is -2.51. The van der Waals surface area contributed by atoms with E-state index in [1.807, 2.05) is 0 Å². The Morgan fingerprint density at radius 2 is 1.28 bits per heavy atom. The minimum atomic E-state index is -5.03. The summed E-state index contributed by atoms with van der Waals surface area (Å²) in [5.74, 6) is 1.44. The number of benzene rings is 4. The first kappa shape index (κ1) is 53.0. The average Bonchev–Trinajstić information content (AvgIpc) is 4.08. The molecule has 2 atom stereocenters. The number of sulfonamides is 2. The maximum Gasteiger partial charge on any atom is 0.410 e. The molecule has 72 heavy (non-hydrogen) atoms. The van der Waals surface area contributed by atoms with Gasteiger partial charge in [-0.1, -0.05) is 53.8 Å². The van der Waals surface area contributed by atoms with Gasteiger partial charge in [-0.15, -0.1) is 10.2 Å². The number of ether oxygens (including phenoxy) is 5. The Morgan fingerprint density at radius 3 is 1.78 bits per heavy atom. The van der Waals surface area contributed by atoms with Gasteiger partial charge >= 0.3 is 12.2 Å². The molecule has 2 aromatic heterocycles. The number of likely N-dealkylation sites (tertiary alicyclic amines) is 1. The zero-order chi connectivity index (χ0) is 52.2. The normalized spacial score (nSPS) is 15.3. The van der Waals surface area contributed by atoms with E-state index in [1.54, 1.807) is 121 Å². The van der Waals surface area contributed by atoms with E-state index in [2.05, 4.69) is 30.4 Å². The van der Waals surface area contributed by atoms with E-state index < -0.39 is 65.3 Å². The largest absolute Gasteiger partial charge is 0.497 e. The molecule has 24 heteroatoms. The molecule has 7 rings (SSSR count). The molecule has 4 N–H and O–H groups in total. The Morgan fingerprint density at radius 1 is 0.750 bits per heavy atom. The third kappa shape index (κ3) is 13.0. The highest BCUT2D eigenvalue weighted by Crippen LogP contribution is 2.43. The van der Waals surface area contributed by atoms with Gasteiger partial charge in [0.05, 0.1) is 50.4 Å². The number of methoxy groups -OCH3 is 3. The molecule has 0 radical (unpaired) electrons. The van der Waals surface area contributed by atoms with Crippen molar-refractivity contribution >= 4 is 48.7 Å². The first-order valence-corrected chi connectivity index (χ1v) is 26.2. The van der Waals surface area contributed by atoms with Crippen molar-refractivity contribution in [2.75, 3.05) is 40.2 Å². The average molecular weight is 1050 g/mol. The predicted molar refractivity (Wildman–Crippen MR) is 268 cm³/mol. The molecule has 0 unspecified atom stereocenters. The number of nitrogen functional groups attached to an aromatic ring is 1. The zero-order valence-electron chi connectivity index (χ0n) is 41.3. The number of nitrogens with one attached hydrogen (secondary N) is 2. The number of amides is 2. The van der Waals surface area contributed by atoms with E-state index in [1.165, 1.54) is 42.2 Å². The molecule has 3 heterocycles. The van der Waals surface area contributed by atoms with Crippen molar-refractivity contribution in [3.05, 3.63) is 108 Å². The SMILES string of the molecule is COc1ccc(CN(Cc2ccc(OC)cc2)S(=O)(=O)c2c(S(=O)(=O)N[C@H]3CN(C(=O)OC(C)(C)C)C[C@@H]3NC(=O)OC(C)(C)C)ccc(-c3cnc(N)s3)c2-c2nnn(Cc3ccc(OC)cc3)n2)cc1. The number of carbonyl (C=O) groups excluding carboxylic acids is 2. The lowest BCUT2D eigenvalue weighted by atomic mass is 10.1. The van der Waals surface area contributed by atoms with Crippen molar-refractivity contribution in [3.63, 3.8) is 0 Å². The smallest absolute Gasteiger partial charge is 0.410 e. The van der Waals surface area contributed by atoms with E-state index in [0.717, 1.165) is 21.2 Å². The van der Waals surface area contributed by atoms with Crippen molar-refractivity contribution < 1.29 is 50.1 Å². The molecule has 0 saturated carbocycles. The summed E-state index contributed by atoms with van der Waals surface area (Å²) in [7, 11) is -5.48. The summed E-state index contributed by atoms with van der Waals surface area (Å²) in [5.41, 5.74) is 6.11. The van der Waals surface area contributed by atoms with Crippen LogP contribution in [0.25, 0.3) is 21.8 Å². The number of anilines is 1. The van der Waals surface area contributed by atoms with E-state index in [4.69, 9.17) is 29.4 Å². The maximum atomic E-state index is 16.2. The van der Waals surface area contributed by atoms with Crippen LogP contribution in [0, 0.1) is 0 Å². The monoisotopic (exact) mass is 1050 g/mol. The Bertz CT molecular complexity index is 3050. The molecule has 384 valence electrons. The molecule has 21 nitrogen and oxygen atoms in total. The van der Waals surface area contributed by atoms with Crippen molar-refractivity contribution in [2.24, 2.45) is 0 Å². The minimum Gasteiger partial charge on any atom is -0.497 e. The number of hydrogen-bond acceptors (Lipinski definition) is 17. The first-order valence-electron chi connectivity index (χ1n) is 22.5. The van der Waals surface area contributed by atoms with Crippen LogP contribution in [-0.2, 0) is 49.2 Å². The van der Waals surface area contributed by atoms with Crippen LogP contribution in [0.4, 0.5) is 14.7 Å². The van der Waals surface area contributed by atoms with Gasteiger partial charge in [-0.2, -0.15) is 9.10 Å². The number of thiazole rings is 1. The standard InChI is InChI=1S/C48H58N10O11S3/c1-47(2,3)68-45(59)51-37-28-56(46(60)69-48(4,5)6)29-38(37)54-71(61,62)40-23-22-36(39-24-50-44(49)70-39)41(43-52-55-58(53-43)27-32-14-20-35(67-9)21-15-32)42(40)72(63,64)57(25-30-10-16-33(65-7)17-11-30)26-31-12-18-34(66-8)19-13-31/h10-24,37-38,54H,25-29H2,1-9H3,(H2,49,50)(H,51,59)/t37-,38-/m0/s1. The number of hydrogen-bond donors (Lipinski definition) is 3. The number of carbonyl (C=O) groups is 2. The van der Waals surface area contributed by atoms with Gasteiger partial charge in [0.25, 0.3) is 0 Å². The molecule has 0 spiro atoms. The van der Waals surface area contributed by atoms with Crippen molar-refractivity contribution in [1.82, 2.24) is 44.4 Å². The summed E-state index contributed by atoms with van der Waals surface area (Å²) in [4.78, 5) is 32.5. The van der Waals surface area contributed by atoms with E-state index >= 15 is 16.8 Å². The molecule has 1 aliphatic rings. The van der Waals surface area contributed by atoms with E-state index in [0.29, 0.717) is 33.3 Å². The molecule has 1 aliphatic heterocycles. The zero-order valence-corrected chi connectivity index (χ0v) is 43.7. The molecule has 2 amide bonds. The van der Waals surface area contributed by atoms with Gasteiger partial charge in [0, 0.05) is 37.9 Å². The van der Waals surface area contributed by atoms with Crippen LogP contribution in [-0.4, -0.2) is 121 Å². The molecule has 1 fully saturated rings. The Balaban J connectivity index is 1.44. The van der Waals surface area contributed by atoms with E-state index in [-0.39, 0.29) is 54.8 Å². The Labute approximate surface area is 422 Å². The van der Waals surface area contributed by atoms with Crippen LogP contribution in [0.15, 0.2) is 101 Å². The molecular weight excluding hydrogens is 989 g/mol. The van der Waals surface area contributed by atoms with Crippen molar-refractivity contribution in [3.8, 4) is 39.1 Å². The van der Waals surface area contributed by atoms with Gasteiger partial charge in [-0.3, -0.25) is 0 Å². The van der Waals surface area contributed by atoms with Crippen LogP contribution in [0.5, 0.6) is 17.2 Å². The maximum absolute atomic E-state index is 16.2. The second kappa shape index (κ2) is 21.5. The highest BCUT2D eigenvalue weighted by molar-refractivity contribution is 7.92. The Kier molecular flexibility index (Phi) is 15.8. The summed E-state index contributed by atoms with van der Waals surface area (Å²) in [6.45, 7) is 9.13. The van der Waals surface area contributed by atoms with E-state index in [9.17, 15) is 9.59 Å². The topological polar surface area (TPSA) is 262 Å². The van der Waals surface area contributed by atoms with Gasteiger partial charge in [0.2, 0.25) is 25.9 Å².